The van der Waals surface area contributed by atoms with Crippen molar-refractivity contribution >= 4 is 40.4 Å². The Bertz CT molecular complexity index is 909. The smallest absolute Gasteiger partial charge is 0.323 e. The lowest BCUT2D eigenvalue weighted by Gasteiger charge is -2.11. The molecule has 7 heteroatoms. The average molecular weight is 385 g/mol. The van der Waals surface area contributed by atoms with Crippen LogP contribution in [0.25, 0.3) is 5.57 Å². The van der Waals surface area contributed by atoms with Crippen LogP contribution in [0.1, 0.15) is 25.3 Å². The van der Waals surface area contributed by atoms with Gasteiger partial charge in [-0.25, -0.2) is 9.79 Å². The minimum atomic E-state index is -0.360. The minimum absolute atomic E-state index is 0.360. The van der Waals surface area contributed by atoms with Crippen molar-refractivity contribution in [2.75, 3.05) is 17.2 Å². The molecule has 0 spiro atoms. The summed E-state index contributed by atoms with van der Waals surface area (Å²) in [6.45, 7) is 2.62. The third-order valence-electron chi connectivity index (χ3n) is 3.90. The van der Waals surface area contributed by atoms with Crippen molar-refractivity contribution in [3.8, 4) is 5.75 Å². The van der Waals surface area contributed by atoms with E-state index in [1.54, 1.807) is 24.4 Å². The second kappa shape index (κ2) is 8.60. The SMILES string of the molecule is CCCOc1ccc(NC(=O)Nc2cccc(C3=CN=C(N)C3)c2)cc1Cl. The van der Waals surface area contributed by atoms with Gasteiger partial charge in [0.25, 0.3) is 0 Å². The fraction of sp³-hybridized carbons (Fsp3) is 0.200. The average Bonchev–Trinajstić information content (AvgIpc) is 3.08. The number of carbonyl (C=O) groups excluding carboxylic acids is 1. The molecule has 140 valence electrons. The number of hydrogen-bond donors (Lipinski definition) is 3. The van der Waals surface area contributed by atoms with Crippen molar-refractivity contribution in [3.05, 3.63) is 59.3 Å². The second-order valence-corrected chi connectivity index (χ2v) is 6.51. The molecule has 6 nitrogen and oxygen atoms in total. The predicted molar refractivity (Wildman–Crippen MR) is 111 cm³/mol. The molecule has 0 aliphatic carbocycles. The van der Waals surface area contributed by atoms with E-state index in [4.69, 9.17) is 22.1 Å². The Kier molecular flexibility index (Phi) is 5.98. The van der Waals surface area contributed by atoms with Gasteiger partial charge in [0.15, 0.2) is 0 Å². The minimum Gasteiger partial charge on any atom is -0.492 e. The normalized spacial score (nSPS) is 13.0. The Morgan fingerprint density at radius 1 is 1.22 bits per heavy atom. The molecule has 1 aliphatic rings. The summed E-state index contributed by atoms with van der Waals surface area (Å²) in [5.41, 5.74) is 8.96. The lowest BCUT2D eigenvalue weighted by Crippen LogP contribution is -2.19. The van der Waals surface area contributed by atoms with E-state index in [1.165, 1.54) is 0 Å². The molecule has 2 amide bonds. The number of amidine groups is 1. The van der Waals surface area contributed by atoms with Crippen LogP contribution in [0.15, 0.2) is 53.7 Å². The molecule has 27 heavy (non-hydrogen) atoms. The van der Waals surface area contributed by atoms with Crippen LogP contribution in [0.2, 0.25) is 5.02 Å². The second-order valence-electron chi connectivity index (χ2n) is 6.11. The van der Waals surface area contributed by atoms with Crippen molar-refractivity contribution in [1.29, 1.82) is 0 Å². The van der Waals surface area contributed by atoms with Gasteiger partial charge < -0.3 is 21.1 Å². The van der Waals surface area contributed by atoms with Crippen molar-refractivity contribution in [1.82, 2.24) is 0 Å². The van der Waals surface area contributed by atoms with E-state index < -0.39 is 0 Å². The fourth-order valence-electron chi connectivity index (χ4n) is 2.62. The molecule has 4 N–H and O–H groups in total. The summed E-state index contributed by atoms with van der Waals surface area (Å²) in [7, 11) is 0. The molecule has 0 aromatic heterocycles. The standard InChI is InChI=1S/C20H21ClN4O2/c1-2-8-27-18-7-6-16(11-17(18)21)25-20(26)24-15-5-3-4-13(9-15)14-10-19(22)23-12-14/h3-7,9,11-12H,2,8,10H2,1H3,(H2,22,23)(H2,24,25,26). The Morgan fingerprint density at radius 2 is 2.00 bits per heavy atom. The molecule has 3 rings (SSSR count). The van der Waals surface area contributed by atoms with Gasteiger partial charge in [-0.15, -0.1) is 0 Å². The highest BCUT2D eigenvalue weighted by Crippen LogP contribution is 2.28. The van der Waals surface area contributed by atoms with Gasteiger partial charge in [-0.05, 0) is 47.9 Å². The van der Waals surface area contributed by atoms with Crippen LogP contribution in [-0.4, -0.2) is 18.5 Å². The predicted octanol–water partition coefficient (Wildman–Crippen LogP) is 4.87. The van der Waals surface area contributed by atoms with Gasteiger partial charge in [-0.2, -0.15) is 0 Å². The zero-order valence-electron chi connectivity index (χ0n) is 15.0. The molecule has 0 bridgehead atoms. The molecule has 0 saturated heterocycles. The number of anilines is 2. The third kappa shape index (κ3) is 5.01. The lowest BCUT2D eigenvalue weighted by atomic mass is 10.0. The van der Waals surface area contributed by atoms with Crippen LogP contribution in [-0.2, 0) is 0 Å². The molecule has 2 aromatic rings. The van der Waals surface area contributed by atoms with Crippen molar-refractivity contribution in [2.45, 2.75) is 19.8 Å². The van der Waals surface area contributed by atoms with Crippen molar-refractivity contribution < 1.29 is 9.53 Å². The van der Waals surface area contributed by atoms with E-state index in [0.717, 1.165) is 17.6 Å². The summed E-state index contributed by atoms with van der Waals surface area (Å²) in [5.74, 6) is 1.19. The van der Waals surface area contributed by atoms with E-state index >= 15 is 0 Å². The molecule has 0 saturated carbocycles. The van der Waals surface area contributed by atoms with Gasteiger partial charge in [-0.1, -0.05) is 30.7 Å². The van der Waals surface area contributed by atoms with Gasteiger partial charge >= 0.3 is 6.03 Å². The van der Waals surface area contributed by atoms with E-state index in [-0.39, 0.29) is 6.03 Å². The molecule has 2 aromatic carbocycles. The molecule has 0 atom stereocenters. The summed E-state index contributed by atoms with van der Waals surface area (Å²) in [4.78, 5) is 16.4. The Hall–Kier alpha value is -2.99. The van der Waals surface area contributed by atoms with E-state index in [9.17, 15) is 4.79 Å². The van der Waals surface area contributed by atoms with Gasteiger partial charge in [0, 0.05) is 24.0 Å². The maximum absolute atomic E-state index is 12.3. The number of nitrogens with one attached hydrogen (secondary N) is 2. The van der Waals surface area contributed by atoms with Crippen molar-refractivity contribution in [3.63, 3.8) is 0 Å². The summed E-state index contributed by atoms with van der Waals surface area (Å²) >= 11 is 6.19. The van der Waals surface area contributed by atoms with E-state index in [0.29, 0.717) is 41.0 Å². The van der Waals surface area contributed by atoms with E-state index in [2.05, 4.69) is 15.6 Å². The summed E-state index contributed by atoms with van der Waals surface area (Å²) in [6, 6.07) is 12.3. The summed E-state index contributed by atoms with van der Waals surface area (Å²) in [5, 5.41) is 6.03. The molecule has 0 unspecified atom stereocenters. The number of benzene rings is 2. The number of rotatable bonds is 6. The highest BCUT2D eigenvalue weighted by atomic mass is 35.5. The van der Waals surface area contributed by atoms with Crippen LogP contribution >= 0.6 is 11.6 Å². The molecule has 0 fully saturated rings. The fourth-order valence-corrected chi connectivity index (χ4v) is 2.86. The largest absolute Gasteiger partial charge is 0.492 e. The first-order chi connectivity index (χ1) is 13.0. The Balaban J connectivity index is 1.62. The van der Waals surface area contributed by atoms with Crippen LogP contribution < -0.4 is 21.1 Å². The zero-order valence-corrected chi connectivity index (χ0v) is 15.7. The van der Waals surface area contributed by atoms with Crippen LogP contribution in [0.5, 0.6) is 5.75 Å². The summed E-state index contributed by atoms with van der Waals surface area (Å²) in [6.07, 6.45) is 3.26. The number of amides is 2. The van der Waals surface area contributed by atoms with Crippen LogP contribution in [0.4, 0.5) is 16.2 Å². The number of urea groups is 1. The number of aliphatic imine (C=N–C) groups is 1. The number of hydrogen-bond acceptors (Lipinski definition) is 4. The maximum Gasteiger partial charge on any atom is 0.323 e. The van der Waals surface area contributed by atoms with Gasteiger partial charge in [-0.3, -0.25) is 0 Å². The number of ether oxygens (including phenoxy) is 1. The number of halogens is 1. The number of carbonyl (C=O) groups is 1. The van der Waals surface area contributed by atoms with E-state index in [1.807, 2.05) is 31.2 Å². The lowest BCUT2D eigenvalue weighted by molar-refractivity contribution is 0.262. The highest BCUT2D eigenvalue weighted by molar-refractivity contribution is 6.32. The van der Waals surface area contributed by atoms with Gasteiger partial charge in [0.1, 0.15) is 11.6 Å². The number of nitrogens with two attached hydrogens (primary N) is 1. The van der Waals surface area contributed by atoms with Crippen LogP contribution in [0.3, 0.4) is 0 Å². The molecular weight excluding hydrogens is 364 g/mol. The molecule has 1 aliphatic heterocycles. The maximum atomic E-state index is 12.3. The van der Waals surface area contributed by atoms with Gasteiger partial charge in [0.05, 0.1) is 11.6 Å². The van der Waals surface area contributed by atoms with Crippen LogP contribution in [0, 0.1) is 0 Å². The van der Waals surface area contributed by atoms with Crippen molar-refractivity contribution in [2.24, 2.45) is 10.7 Å². The highest BCUT2D eigenvalue weighted by Gasteiger charge is 2.11. The molecule has 0 radical (unpaired) electrons. The molecule has 1 heterocycles. The molecular formula is C20H21ClN4O2. The first kappa shape index (κ1) is 18.8. The first-order valence-electron chi connectivity index (χ1n) is 8.67. The Labute approximate surface area is 163 Å². The number of nitrogens with zero attached hydrogens (tertiary/aromatic N) is 1. The summed E-state index contributed by atoms with van der Waals surface area (Å²) < 4.78 is 5.53. The third-order valence-corrected chi connectivity index (χ3v) is 4.20. The topological polar surface area (TPSA) is 88.7 Å². The first-order valence-corrected chi connectivity index (χ1v) is 9.05. The zero-order chi connectivity index (χ0) is 19.2. The van der Waals surface area contributed by atoms with Gasteiger partial charge in [0.2, 0.25) is 0 Å². The Morgan fingerprint density at radius 3 is 2.67 bits per heavy atom. The quantitative estimate of drug-likeness (QED) is 0.663. The monoisotopic (exact) mass is 384 g/mol.